The molecule has 1 aromatic rings. The fourth-order valence-corrected chi connectivity index (χ4v) is 1.17. The van der Waals surface area contributed by atoms with Gasteiger partial charge in [0.15, 0.2) is 0 Å². The van der Waals surface area contributed by atoms with Gasteiger partial charge in [0.2, 0.25) is 5.91 Å². The third kappa shape index (κ3) is 2.95. The van der Waals surface area contributed by atoms with E-state index in [0.29, 0.717) is 6.54 Å². The summed E-state index contributed by atoms with van der Waals surface area (Å²) in [5.41, 5.74) is 3.47. The van der Waals surface area contributed by atoms with Crippen molar-refractivity contribution in [3.05, 3.63) is 35.9 Å². The minimum absolute atomic E-state index is 0.0844. The molecule has 1 radical (unpaired) electrons. The van der Waals surface area contributed by atoms with Crippen molar-refractivity contribution in [3.8, 4) is 0 Å². The van der Waals surface area contributed by atoms with Crippen LogP contribution >= 0.6 is 12.2 Å². The van der Waals surface area contributed by atoms with E-state index in [4.69, 9.17) is 0 Å². The number of amides is 1. The van der Waals surface area contributed by atoms with E-state index in [0.717, 1.165) is 5.56 Å². The molecule has 0 bridgehead atoms. The largest absolute Gasteiger partial charge is 0.296 e. The molecule has 0 saturated heterocycles. The first-order valence-corrected chi connectivity index (χ1v) is 4.34. The fraction of sp³-hybridized carbons (Fsp3) is 0.200. The molecule has 0 unspecified atom stereocenters. The molecule has 0 atom stereocenters. The van der Waals surface area contributed by atoms with Gasteiger partial charge < -0.3 is 0 Å². The molecular weight excluding hydrogens is 182 g/mol. The Bertz CT molecular complexity index is 297. The Morgan fingerprint density at radius 1 is 1.46 bits per heavy atom. The van der Waals surface area contributed by atoms with E-state index in [9.17, 15) is 4.79 Å². The highest BCUT2D eigenvalue weighted by Gasteiger charge is 2.05. The minimum Gasteiger partial charge on any atom is -0.296 e. The Hall–Kier alpha value is -1.22. The fourth-order valence-electron chi connectivity index (χ4n) is 0.974. The summed E-state index contributed by atoms with van der Waals surface area (Å²) < 4.78 is 0. The second kappa shape index (κ2) is 4.72. The normalized spacial score (nSPS) is 9.31. The molecular formula is C10H10NOS. The van der Waals surface area contributed by atoms with Crippen LogP contribution in [-0.2, 0) is 11.3 Å². The summed E-state index contributed by atoms with van der Waals surface area (Å²) >= 11 is 4.60. The lowest BCUT2D eigenvalue weighted by molar-refractivity contribution is -0.125. The quantitative estimate of drug-likeness (QED) is 0.538. The highest BCUT2D eigenvalue weighted by atomic mass is 32.1. The van der Waals surface area contributed by atoms with Crippen molar-refractivity contribution < 1.29 is 4.79 Å². The monoisotopic (exact) mass is 192 g/mol. The summed E-state index contributed by atoms with van der Waals surface area (Å²) in [5.74, 6) is -0.0844. The summed E-state index contributed by atoms with van der Waals surface area (Å²) in [6.45, 7) is 1.97. The van der Waals surface area contributed by atoms with Gasteiger partial charge >= 0.3 is 0 Å². The predicted octanol–water partition coefficient (Wildman–Crippen LogP) is 1.87. The Morgan fingerprint density at radius 2 is 2.08 bits per heavy atom. The Balaban J connectivity index is 2.67. The summed E-state index contributed by atoms with van der Waals surface area (Å²) in [6.07, 6.45) is 0. The Labute approximate surface area is 83.2 Å². The average Bonchev–Trinajstić information content (AvgIpc) is 2.15. The number of hydrogen-bond donors (Lipinski definition) is 0. The highest BCUT2D eigenvalue weighted by Crippen LogP contribution is 2.02. The SMILES string of the molecule is CC(=O)N([C]=S)Cc1ccccc1. The molecule has 3 heteroatoms. The molecule has 0 fully saturated rings. The predicted molar refractivity (Wildman–Crippen MR) is 55.3 cm³/mol. The number of carbonyl (C=O) groups is 1. The van der Waals surface area contributed by atoms with Gasteiger partial charge in [0.05, 0.1) is 6.54 Å². The van der Waals surface area contributed by atoms with E-state index >= 15 is 0 Å². The molecule has 13 heavy (non-hydrogen) atoms. The summed E-state index contributed by atoms with van der Waals surface area (Å²) in [7, 11) is 0. The first kappa shape index (κ1) is 9.86. The van der Waals surface area contributed by atoms with Gasteiger partial charge in [-0.1, -0.05) is 42.5 Å². The molecule has 1 rings (SSSR count). The second-order valence-electron chi connectivity index (χ2n) is 2.68. The first-order chi connectivity index (χ1) is 6.24. The van der Waals surface area contributed by atoms with Gasteiger partial charge in [0.25, 0.3) is 0 Å². The second-order valence-corrected chi connectivity index (χ2v) is 2.86. The summed E-state index contributed by atoms with van der Waals surface area (Å²) in [4.78, 5) is 12.4. The van der Waals surface area contributed by atoms with Gasteiger partial charge in [0, 0.05) is 6.92 Å². The van der Waals surface area contributed by atoms with Crippen molar-refractivity contribution in [2.24, 2.45) is 0 Å². The van der Waals surface area contributed by atoms with Crippen molar-refractivity contribution in [3.63, 3.8) is 0 Å². The van der Waals surface area contributed by atoms with Gasteiger partial charge in [-0.15, -0.1) is 0 Å². The number of benzene rings is 1. The number of hydrogen-bond acceptors (Lipinski definition) is 2. The van der Waals surface area contributed by atoms with E-state index in [2.05, 4.69) is 17.7 Å². The molecule has 0 aliphatic heterocycles. The average molecular weight is 192 g/mol. The van der Waals surface area contributed by atoms with Crippen molar-refractivity contribution in [1.82, 2.24) is 4.90 Å². The van der Waals surface area contributed by atoms with Crippen LogP contribution in [0, 0.1) is 0 Å². The highest BCUT2D eigenvalue weighted by molar-refractivity contribution is 7.78. The smallest absolute Gasteiger partial charge is 0.224 e. The van der Waals surface area contributed by atoms with Crippen LogP contribution in [0.2, 0.25) is 0 Å². The summed E-state index contributed by atoms with van der Waals surface area (Å²) in [5, 5.41) is 0. The number of nitrogens with zero attached hydrogens (tertiary/aromatic N) is 1. The van der Waals surface area contributed by atoms with Crippen LogP contribution in [0.25, 0.3) is 0 Å². The third-order valence-corrected chi connectivity index (χ3v) is 1.89. The van der Waals surface area contributed by atoms with Crippen molar-refractivity contribution in [2.75, 3.05) is 0 Å². The van der Waals surface area contributed by atoms with Gasteiger partial charge in [-0.2, -0.15) is 0 Å². The van der Waals surface area contributed by atoms with E-state index in [1.807, 2.05) is 30.3 Å². The number of thiocarbonyl (C=S) groups is 1. The zero-order chi connectivity index (χ0) is 9.68. The van der Waals surface area contributed by atoms with Crippen molar-refractivity contribution in [1.29, 1.82) is 0 Å². The van der Waals surface area contributed by atoms with Crippen LogP contribution in [0.1, 0.15) is 12.5 Å². The number of rotatable bonds is 3. The molecule has 2 nitrogen and oxygen atoms in total. The van der Waals surface area contributed by atoms with Crippen molar-refractivity contribution >= 4 is 23.6 Å². The van der Waals surface area contributed by atoms with Gasteiger partial charge in [-0.3, -0.25) is 9.69 Å². The molecule has 1 aromatic carbocycles. The van der Waals surface area contributed by atoms with Gasteiger partial charge in [-0.05, 0) is 5.56 Å². The maximum Gasteiger partial charge on any atom is 0.224 e. The molecule has 1 amide bonds. The van der Waals surface area contributed by atoms with E-state index in [1.165, 1.54) is 11.8 Å². The third-order valence-electron chi connectivity index (χ3n) is 1.67. The summed E-state index contributed by atoms with van der Waals surface area (Å²) in [6, 6.07) is 9.68. The molecule has 0 aromatic heterocycles. The van der Waals surface area contributed by atoms with Crippen LogP contribution in [0.4, 0.5) is 0 Å². The first-order valence-electron chi connectivity index (χ1n) is 3.94. The molecule has 0 N–H and O–H groups in total. The lowest BCUT2D eigenvalue weighted by Gasteiger charge is -2.13. The zero-order valence-electron chi connectivity index (χ0n) is 7.36. The van der Waals surface area contributed by atoms with Crippen LogP contribution < -0.4 is 0 Å². The van der Waals surface area contributed by atoms with E-state index in [-0.39, 0.29) is 5.91 Å². The van der Waals surface area contributed by atoms with Crippen LogP contribution in [0.5, 0.6) is 0 Å². The van der Waals surface area contributed by atoms with Gasteiger partial charge in [0.1, 0.15) is 5.49 Å². The Morgan fingerprint density at radius 3 is 2.54 bits per heavy atom. The molecule has 0 saturated carbocycles. The maximum atomic E-state index is 11.0. The topological polar surface area (TPSA) is 20.3 Å². The molecule has 0 aliphatic rings. The standard InChI is InChI=1S/C10H10NOS/c1-9(12)11(8-13)7-10-5-3-2-4-6-10/h2-6H,7H2,1H3. The van der Waals surface area contributed by atoms with E-state index in [1.54, 1.807) is 0 Å². The molecule has 0 aliphatic carbocycles. The van der Waals surface area contributed by atoms with Crippen LogP contribution in [-0.4, -0.2) is 16.3 Å². The molecule has 0 heterocycles. The zero-order valence-corrected chi connectivity index (χ0v) is 8.17. The Kier molecular flexibility index (Phi) is 3.58. The van der Waals surface area contributed by atoms with Gasteiger partial charge in [-0.25, -0.2) is 0 Å². The lowest BCUT2D eigenvalue weighted by atomic mass is 10.2. The van der Waals surface area contributed by atoms with Crippen LogP contribution in [0.3, 0.4) is 0 Å². The maximum absolute atomic E-state index is 11.0. The molecule has 67 valence electrons. The van der Waals surface area contributed by atoms with Crippen molar-refractivity contribution in [2.45, 2.75) is 13.5 Å². The lowest BCUT2D eigenvalue weighted by Crippen LogP contribution is -2.25. The van der Waals surface area contributed by atoms with E-state index < -0.39 is 0 Å². The minimum atomic E-state index is -0.0844. The van der Waals surface area contributed by atoms with Crippen LogP contribution in [0.15, 0.2) is 30.3 Å². The molecule has 0 spiro atoms. The number of carbonyl (C=O) groups excluding carboxylic acids is 1.